The highest BCUT2D eigenvalue weighted by molar-refractivity contribution is 5.63. The summed E-state index contributed by atoms with van der Waals surface area (Å²) < 4.78 is 25.7. The third-order valence-electron chi connectivity index (χ3n) is 1.64. The average molecular weight is 184 g/mol. The number of rotatable bonds is 1. The van der Waals surface area contributed by atoms with Crippen LogP contribution in [0.5, 0.6) is 0 Å². The normalized spacial score (nSPS) is 11.3. The summed E-state index contributed by atoms with van der Waals surface area (Å²) in [6, 6.07) is 1.21. The molecule has 2 aromatic heterocycles. The Hall–Kier alpha value is -1.72. The Kier molecular flexibility index (Phi) is 1.61. The Labute approximate surface area is 72.0 Å². The van der Waals surface area contributed by atoms with Gasteiger partial charge in [0.15, 0.2) is 5.65 Å². The molecule has 0 fully saturated rings. The van der Waals surface area contributed by atoms with Crippen molar-refractivity contribution >= 4 is 11.3 Å². The van der Waals surface area contributed by atoms with Crippen molar-refractivity contribution in [1.29, 1.82) is 0 Å². The molecule has 0 aliphatic heterocycles. The summed E-state index contributed by atoms with van der Waals surface area (Å²) in [6.45, 7) is 0. The summed E-state index contributed by atoms with van der Waals surface area (Å²) in [5, 5.41) is 3.80. The largest absolute Gasteiger partial charge is 0.394 e. The van der Waals surface area contributed by atoms with Gasteiger partial charge in [-0.25, -0.2) is 18.3 Å². The van der Waals surface area contributed by atoms with Gasteiger partial charge in [0.05, 0.1) is 11.9 Å². The highest BCUT2D eigenvalue weighted by Crippen LogP contribution is 2.18. The highest BCUT2D eigenvalue weighted by atomic mass is 19.3. The molecule has 2 heterocycles. The van der Waals surface area contributed by atoms with Crippen molar-refractivity contribution < 1.29 is 8.78 Å². The first-order chi connectivity index (χ1) is 6.18. The quantitative estimate of drug-likeness (QED) is 0.725. The predicted molar refractivity (Wildman–Crippen MR) is 42.4 cm³/mol. The van der Waals surface area contributed by atoms with E-state index in [2.05, 4.69) is 10.1 Å². The number of nitrogens with two attached hydrogens (primary N) is 1. The van der Waals surface area contributed by atoms with Gasteiger partial charge in [-0.3, -0.25) is 0 Å². The third-order valence-corrected chi connectivity index (χ3v) is 1.64. The topological polar surface area (TPSA) is 56.2 Å². The minimum absolute atomic E-state index is 0.262. The lowest BCUT2D eigenvalue weighted by Gasteiger charge is -1.98. The summed E-state index contributed by atoms with van der Waals surface area (Å²) in [5.74, 6) is 0. The van der Waals surface area contributed by atoms with E-state index in [-0.39, 0.29) is 11.3 Å². The Balaban J connectivity index is 2.66. The smallest absolute Gasteiger partial charge is 0.280 e. The van der Waals surface area contributed by atoms with E-state index in [4.69, 9.17) is 5.73 Å². The van der Waals surface area contributed by atoms with Crippen LogP contribution < -0.4 is 5.73 Å². The number of hydrogen-bond donors (Lipinski definition) is 1. The van der Waals surface area contributed by atoms with Gasteiger partial charge in [0.25, 0.3) is 6.43 Å². The van der Waals surface area contributed by atoms with Crippen molar-refractivity contribution in [2.45, 2.75) is 6.43 Å². The summed E-state index contributed by atoms with van der Waals surface area (Å²) in [6.07, 6.45) is 0.192. The van der Waals surface area contributed by atoms with Crippen LogP contribution in [0, 0.1) is 0 Å². The van der Waals surface area contributed by atoms with Gasteiger partial charge in [-0.15, -0.1) is 0 Å². The molecular weight excluding hydrogens is 178 g/mol. The molecule has 0 saturated heterocycles. The van der Waals surface area contributed by atoms with Crippen LogP contribution in [0.15, 0.2) is 18.5 Å². The number of nitrogen functional groups attached to an aromatic ring is 1. The van der Waals surface area contributed by atoms with Crippen molar-refractivity contribution in [1.82, 2.24) is 14.6 Å². The first kappa shape index (κ1) is 7.90. The lowest BCUT2D eigenvalue weighted by molar-refractivity contribution is 0.146. The lowest BCUT2D eigenvalue weighted by Crippen LogP contribution is -1.96. The monoisotopic (exact) mass is 184 g/mol. The van der Waals surface area contributed by atoms with Gasteiger partial charge in [-0.05, 0) is 6.07 Å². The molecule has 13 heavy (non-hydrogen) atoms. The number of nitrogens with zero attached hydrogens (tertiary/aromatic N) is 3. The zero-order valence-corrected chi connectivity index (χ0v) is 6.48. The van der Waals surface area contributed by atoms with E-state index in [9.17, 15) is 8.78 Å². The molecule has 0 radical (unpaired) electrons. The second-order valence-corrected chi connectivity index (χ2v) is 2.52. The SMILES string of the molecule is Nc1cnn2ccc(C(F)F)nc12. The van der Waals surface area contributed by atoms with E-state index < -0.39 is 6.43 Å². The predicted octanol–water partition coefficient (Wildman–Crippen LogP) is 1.25. The molecule has 0 amide bonds. The Morgan fingerprint density at radius 3 is 2.92 bits per heavy atom. The Morgan fingerprint density at radius 1 is 1.46 bits per heavy atom. The van der Waals surface area contributed by atoms with Crippen LogP contribution in [0.3, 0.4) is 0 Å². The molecule has 0 saturated carbocycles. The first-order valence-electron chi connectivity index (χ1n) is 3.56. The van der Waals surface area contributed by atoms with Gasteiger partial charge in [0.1, 0.15) is 5.69 Å². The van der Waals surface area contributed by atoms with Gasteiger partial charge >= 0.3 is 0 Å². The van der Waals surface area contributed by atoms with E-state index in [0.29, 0.717) is 5.69 Å². The number of fused-ring (bicyclic) bond motifs is 1. The highest BCUT2D eigenvalue weighted by Gasteiger charge is 2.10. The van der Waals surface area contributed by atoms with E-state index in [1.807, 2.05) is 0 Å². The number of halogens is 2. The second-order valence-electron chi connectivity index (χ2n) is 2.52. The summed E-state index contributed by atoms with van der Waals surface area (Å²) in [7, 11) is 0. The zero-order chi connectivity index (χ0) is 9.42. The first-order valence-corrected chi connectivity index (χ1v) is 3.56. The molecule has 68 valence electrons. The van der Waals surface area contributed by atoms with Crippen LogP contribution in [-0.2, 0) is 0 Å². The molecule has 0 atom stereocenters. The fourth-order valence-electron chi connectivity index (χ4n) is 1.02. The maximum absolute atomic E-state index is 12.2. The molecule has 0 unspecified atom stereocenters. The average Bonchev–Trinajstić information content (AvgIpc) is 2.47. The molecule has 0 aliphatic rings. The van der Waals surface area contributed by atoms with E-state index in [1.54, 1.807) is 0 Å². The number of alkyl halides is 2. The van der Waals surface area contributed by atoms with Gasteiger partial charge in [0, 0.05) is 6.20 Å². The van der Waals surface area contributed by atoms with Crippen LogP contribution in [0.25, 0.3) is 5.65 Å². The van der Waals surface area contributed by atoms with Gasteiger partial charge < -0.3 is 5.73 Å². The molecule has 4 nitrogen and oxygen atoms in total. The van der Waals surface area contributed by atoms with Crippen molar-refractivity contribution in [2.24, 2.45) is 0 Å². The number of hydrogen-bond acceptors (Lipinski definition) is 3. The maximum Gasteiger partial charge on any atom is 0.280 e. The minimum Gasteiger partial charge on any atom is -0.394 e. The minimum atomic E-state index is -2.58. The Morgan fingerprint density at radius 2 is 2.23 bits per heavy atom. The van der Waals surface area contributed by atoms with E-state index in [0.717, 1.165) is 0 Å². The third kappa shape index (κ3) is 1.20. The molecular formula is C7H6F2N4. The van der Waals surface area contributed by atoms with Gasteiger partial charge in [-0.1, -0.05) is 0 Å². The van der Waals surface area contributed by atoms with Crippen LogP contribution in [0.1, 0.15) is 12.1 Å². The van der Waals surface area contributed by atoms with Gasteiger partial charge in [0.2, 0.25) is 0 Å². The van der Waals surface area contributed by atoms with Crippen molar-refractivity contribution in [3.8, 4) is 0 Å². The van der Waals surface area contributed by atoms with Crippen molar-refractivity contribution in [3.05, 3.63) is 24.2 Å². The van der Waals surface area contributed by atoms with Crippen LogP contribution in [-0.4, -0.2) is 14.6 Å². The van der Waals surface area contributed by atoms with E-state index >= 15 is 0 Å². The van der Waals surface area contributed by atoms with Crippen molar-refractivity contribution in [3.63, 3.8) is 0 Å². The molecule has 0 aromatic carbocycles. The summed E-state index contributed by atoms with van der Waals surface area (Å²) in [4.78, 5) is 3.66. The molecule has 2 rings (SSSR count). The molecule has 0 spiro atoms. The summed E-state index contributed by atoms with van der Waals surface area (Å²) in [5.41, 5.74) is 5.72. The van der Waals surface area contributed by atoms with E-state index in [1.165, 1.54) is 23.0 Å². The lowest BCUT2D eigenvalue weighted by atomic mass is 10.4. The van der Waals surface area contributed by atoms with Crippen LogP contribution >= 0.6 is 0 Å². The Bertz CT molecular complexity index is 437. The second kappa shape index (κ2) is 2.65. The zero-order valence-electron chi connectivity index (χ0n) is 6.48. The van der Waals surface area contributed by atoms with Crippen LogP contribution in [0.2, 0.25) is 0 Å². The van der Waals surface area contributed by atoms with Crippen LogP contribution in [0.4, 0.5) is 14.5 Å². The summed E-state index contributed by atoms with van der Waals surface area (Å²) >= 11 is 0. The molecule has 0 aliphatic carbocycles. The fourth-order valence-corrected chi connectivity index (χ4v) is 1.02. The number of aromatic nitrogens is 3. The maximum atomic E-state index is 12.2. The molecule has 6 heteroatoms. The molecule has 2 aromatic rings. The van der Waals surface area contributed by atoms with Crippen molar-refractivity contribution in [2.75, 3.05) is 5.73 Å². The number of anilines is 1. The molecule has 0 bridgehead atoms. The standard InChI is InChI=1S/C7H6F2N4/c8-6(9)5-1-2-13-7(12-5)4(10)3-11-13/h1-3,6H,10H2. The molecule has 2 N–H and O–H groups in total. The van der Waals surface area contributed by atoms with Gasteiger partial charge in [-0.2, -0.15) is 5.10 Å². The fraction of sp³-hybridized carbons (Fsp3) is 0.143.